The molecule has 102 valence electrons. The number of rotatable bonds is 2. The van der Waals surface area contributed by atoms with Gasteiger partial charge in [0.15, 0.2) is 0 Å². The van der Waals surface area contributed by atoms with Crippen molar-refractivity contribution in [2.24, 2.45) is 0 Å². The molecular weight excluding hydrogens is 260 g/mol. The van der Waals surface area contributed by atoms with Crippen molar-refractivity contribution in [2.75, 3.05) is 13.1 Å². The fraction of sp³-hybridized carbons (Fsp3) is 0.400. The van der Waals surface area contributed by atoms with Gasteiger partial charge in [-0.15, -0.1) is 12.4 Å². The third-order valence-electron chi connectivity index (χ3n) is 3.51. The fourth-order valence-electron chi connectivity index (χ4n) is 2.56. The smallest absolute Gasteiger partial charge is 0.127 e. The van der Waals surface area contributed by atoms with Gasteiger partial charge in [0, 0.05) is 23.2 Å². The molecule has 2 heterocycles. The topological polar surface area (TPSA) is 34.1 Å². The van der Waals surface area contributed by atoms with Crippen LogP contribution in [0.1, 0.15) is 18.4 Å². The number of ether oxygens (including phenoxy) is 1. The number of hydrogen-bond acceptors (Lipinski definition) is 3. The van der Waals surface area contributed by atoms with E-state index in [1.165, 1.54) is 10.9 Å². The second kappa shape index (κ2) is 6.22. The first-order valence-electron chi connectivity index (χ1n) is 6.55. The van der Waals surface area contributed by atoms with Gasteiger partial charge in [0.1, 0.15) is 11.9 Å². The average Bonchev–Trinajstić information content (AvgIpc) is 2.40. The highest BCUT2D eigenvalue weighted by molar-refractivity contribution is 5.90. The van der Waals surface area contributed by atoms with Gasteiger partial charge < -0.3 is 10.1 Å². The molecule has 3 rings (SSSR count). The Labute approximate surface area is 119 Å². The first-order valence-corrected chi connectivity index (χ1v) is 6.55. The molecule has 2 aromatic rings. The Morgan fingerprint density at radius 3 is 2.79 bits per heavy atom. The normalized spacial score (nSPS) is 16.1. The molecular formula is C15H19ClN2O. The van der Waals surface area contributed by atoms with Crippen molar-refractivity contribution >= 4 is 23.2 Å². The van der Waals surface area contributed by atoms with Gasteiger partial charge in [0.25, 0.3) is 0 Å². The summed E-state index contributed by atoms with van der Waals surface area (Å²) in [5.41, 5.74) is 1.18. The molecule has 0 aliphatic carbocycles. The Kier molecular flexibility index (Phi) is 4.61. The van der Waals surface area contributed by atoms with E-state index in [1.54, 1.807) is 0 Å². The van der Waals surface area contributed by atoms with Crippen LogP contribution in [0.15, 0.2) is 30.6 Å². The predicted molar refractivity (Wildman–Crippen MR) is 80.2 cm³/mol. The van der Waals surface area contributed by atoms with Crippen molar-refractivity contribution in [3.05, 3.63) is 36.2 Å². The summed E-state index contributed by atoms with van der Waals surface area (Å²) >= 11 is 0. The number of aromatic nitrogens is 1. The number of piperidine rings is 1. The van der Waals surface area contributed by atoms with Gasteiger partial charge in [-0.25, -0.2) is 0 Å². The van der Waals surface area contributed by atoms with Gasteiger partial charge in [0.05, 0.1) is 0 Å². The average molecular weight is 279 g/mol. The van der Waals surface area contributed by atoms with Crippen LogP contribution in [0.4, 0.5) is 0 Å². The third-order valence-corrected chi connectivity index (χ3v) is 3.51. The number of nitrogens with one attached hydrogen (secondary N) is 1. The van der Waals surface area contributed by atoms with Crippen LogP contribution >= 0.6 is 12.4 Å². The van der Waals surface area contributed by atoms with Gasteiger partial charge in [-0.2, -0.15) is 0 Å². The molecule has 0 amide bonds. The minimum Gasteiger partial charge on any atom is -0.490 e. The summed E-state index contributed by atoms with van der Waals surface area (Å²) in [6.07, 6.45) is 6.31. The Bertz CT molecular complexity index is 548. The lowest BCUT2D eigenvalue weighted by Gasteiger charge is -2.24. The number of aryl methyl sites for hydroxylation is 1. The molecule has 1 aromatic heterocycles. The Balaban J connectivity index is 0.00000133. The molecule has 1 fully saturated rings. The molecule has 1 aliphatic rings. The van der Waals surface area contributed by atoms with Crippen molar-refractivity contribution in [3.63, 3.8) is 0 Å². The Morgan fingerprint density at radius 1 is 1.21 bits per heavy atom. The molecule has 1 N–H and O–H groups in total. The predicted octanol–water partition coefficient (Wildman–Crippen LogP) is 3.10. The summed E-state index contributed by atoms with van der Waals surface area (Å²) in [7, 11) is 0. The lowest BCUT2D eigenvalue weighted by Crippen LogP contribution is -2.34. The summed E-state index contributed by atoms with van der Waals surface area (Å²) in [5.74, 6) is 0.999. The number of pyridine rings is 1. The maximum Gasteiger partial charge on any atom is 0.127 e. The van der Waals surface area contributed by atoms with E-state index < -0.39 is 0 Å². The number of nitrogens with zero attached hydrogens (tertiary/aromatic N) is 1. The summed E-state index contributed by atoms with van der Waals surface area (Å²) in [4.78, 5) is 4.23. The molecule has 1 saturated heterocycles. The molecule has 19 heavy (non-hydrogen) atoms. The van der Waals surface area contributed by atoms with E-state index in [0.717, 1.165) is 37.1 Å². The van der Waals surface area contributed by atoms with Crippen LogP contribution < -0.4 is 10.1 Å². The first-order chi connectivity index (χ1) is 8.84. The van der Waals surface area contributed by atoms with Gasteiger partial charge in [-0.1, -0.05) is 12.1 Å². The maximum absolute atomic E-state index is 6.18. The summed E-state index contributed by atoms with van der Waals surface area (Å²) < 4.78 is 6.18. The zero-order valence-electron chi connectivity index (χ0n) is 11.1. The SMILES string of the molecule is Cc1cncc2cccc(OC3CCNCC3)c12.Cl. The minimum absolute atomic E-state index is 0. The van der Waals surface area contributed by atoms with E-state index in [9.17, 15) is 0 Å². The largest absolute Gasteiger partial charge is 0.490 e. The number of benzene rings is 1. The van der Waals surface area contributed by atoms with E-state index in [0.29, 0.717) is 6.10 Å². The third kappa shape index (κ3) is 2.99. The van der Waals surface area contributed by atoms with E-state index in [2.05, 4.69) is 29.4 Å². The summed E-state index contributed by atoms with van der Waals surface area (Å²) in [6.45, 7) is 4.19. The van der Waals surface area contributed by atoms with Gasteiger partial charge in [-0.3, -0.25) is 4.98 Å². The van der Waals surface area contributed by atoms with Crippen molar-refractivity contribution in [1.29, 1.82) is 0 Å². The van der Waals surface area contributed by atoms with Crippen molar-refractivity contribution in [2.45, 2.75) is 25.9 Å². The van der Waals surface area contributed by atoms with E-state index >= 15 is 0 Å². The molecule has 0 saturated carbocycles. The Hall–Kier alpha value is -1.32. The van der Waals surface area contributed by atoms with Crippen LogP contribution in [-0.4, -0.2) is 24.2 Å². The van der Waals surface area contributed by atoms with Crippen LogP contribution in [0.5, 0.6) is 5.75 Å². The second-order valence-corrected chi connectivity index (χ2v) is 4.88. The lowest BCUT2D eigenvalue weighted by atomic mass is 10.1. The zero-order valence-corrected chi connectivity index (χ0v) is 11.9. The van der Waals surface area contributed by atoms with Gasteiger partial charge >= 0.3 is 0 Å². The van der Waals surface area contributed by atoms with Crippen LogP contribution in [0.2, 0.25) is 0 Å². The lowest BCUT2D eigenvalue weighted by molar-refractivity contribution is 0.164. The van der Waals surface area contributed by atoms with Crippen LogP contribution in [0.3, 0.4) is 0 Å². The van der Waals surface area contributed by atoms with Gasteiger partial charge in [-0.05, 0) is 44.5 Å². The molecule has 1 aliphatic heterocycles. The van der Waals surface area contributed by atoms with E-state index in [-0.39, 0.29) is 12.4 Å². The molecule has 0 atom stereocenters. The maximum atomic E-state index is 6.18. The monoisotopic (exact) mass is 278 g/mol. The molecule has 0 unspecified atom stereocenters. The molecule has 0 spiro atoms. The number of halogens is 1. The van der Waals surface area contributed by atoms with E-state index in [4.69, 9.17) is 4.74 Å². The fourth-order valence-corrected chi connectivity index (χ4v) is 2.56. The molecule has 0 bridgehead atoms. The molecule has 1 aromatic carbocycles. The standard InChI is InChI=1S/C15H18N2O.ClH/c1-11-9-17-10-12-3-2-4-14(15(11)12)18-13-5-7-16-8-6-13;/h2-4,9-10,13,16H,5-8H2,1H3;1H. The van der Waals surface area contributed by atoms with Gasteiger partial charge in [0.2, 0.25) is 0 Å². The van der Waals surface area contributed by atoms with E-state index in [1.807, 2.05) is 18.5 Å². The molecule has 3 nitrogen and oxygen atoms in total. The van der Waals surface area contributed by atoms with Crippen LogP contribution in [-0.2, 0) is 0 Å². The minimum atomic E-state index is 0. The molecule has 0 radical (unpaired) electrons. The van der Waals surface area contributed by atoms with Crippen molar-refractivity contribution in [3.8, 4) is 5.75 Å². The highest BCUT2D eigenvalue weighted by atomic mass is 35.5. The highest BCUT2D eigenvalue weighted by Crippen LogP contribution is 2.29. The summed E-state index contributed by atoms with van der Waals surface area (Å²) in [6, 6.07) is 6.20. The number of fused-ring (bicyclic) bond motifs is 1. The molecule has 4 heteroatoms. The van der Waals surface area contributed by atoms with Crippen LogP contribution in [0, 0.1) is 6.92 Å². The Morgan fingerprint density at radius 2 is 2.00 bits per heavy atom. The zero-order chi connectivity index (χ0) is 12.4. The quantitative estimate of drug-likeness (QED) is 0.917. The first kappa shape index (κ1) is 14.1. The highest BCUT2D eigenvalue weighted by Gasteiger charge is 2.16. The number of hydrogen-bond donors (Lipinski definition) is 1. The summed E-state index contributed by atoms with van der Waals surface area (Å²) in [5, 5.41) is 5.71. The van der Waals surface area contributed by atoms with Crippen LogP contribution in [0.25, 0.3) is 10.8 Å². The second-order valence-electron chi connectivity index (χ2n) is 4.88. The van der Waals surface area contributed by atoms with Crippen molar-refractivity contribution in [1.82, 2.24) is 10.3 Å². The van der Waals surface area contributed by atoms with Crippen molar-refractivity contribution < 1.29 is 4.74 Å².